The Morgan fingerprint density at radius 3 is 2.48 bits per heavy atom. The number of hydrogen-bond donors (Lipinski definition) is 2. The molecule has 0 saturated heterocycles. The number of ether oxygens (including phenoxy) is 1. The molecule has 25 heavy (non-hydrogen) atoms. The van der Waals surface area contributed by atoms with Crippen molar-refractivity contribution in [3.8, 4) is 0 Å². The van der Waals surface area contributed by atoms with E-state index in [2.05, 4.69) is 34.7 Å². The lowest BCUT2D eigenvalue weighted by atomic mass is 10.1. The first-order chi connectivity index (χ1) is 12.2. The molecule has 1 amide bonds. The van der Waals surface area contributed by atoms with Crippen LogP contribution in [0.5, 0.6) is 0 Å². The zero-order valence-electron chi connectivity index (χ0n) is 14.7. The maximum Gasteiger partial charge on any atom is 0.255 e. The number of nitrogens with one attached hydrogen (secondary N) is 2. The molecule has 2 aromatic rings. The molecule has 0 unspecified atom stereocenters. The Bertz CT molecular complexity index is 684. The number of carbonyl (C=O) groups excluding carboxylic acids is 1. The molecule has 5 nitrogen and oxygen atoms in total. The highest BCUT2D eigenvalue weighted by molar-refractivity contribution is 6.04. The number of carbonyl (C=O) groups is 1. The summed E-state index contributed by atoms with van der Waals surface area (Å²) >= 11 is 0. The molecule has 5 heteroatoms. The van der Waals surface area contributed by atoms with Gasteiger partial charge in [-0.25, -0.2) is 0 Å². The smallest absolute Gasteiger partial charge is 0.255 e. The van der Waals surface area contributed by atoms with Crippen molar-refractivity contribution in [1.82, 2.24) is 10.3 Å². The summed E-state index contributed by atoms with van der Waals surface area (Å²) in [6.07, 6.45) is 5.80. The molecule has 0 radical (unpaired) electrons. The average molecular weight is 339 g/mol. The molecule has 2 N–H and O–H groups in total. The minimum absolute atomic E-state index is 0.129. The molecule has 1 saturated carbocycles. The van der Waals surface area contributed by atoms with Gasteiger partial charge in [0, 0.05) is 42.8 Å². The van der Waals surface area contributed by atoms with E-state index in [9.17, 15) is 4.79 Å². The summed E-state index contributed by atoms with van der Waals surface area (Å²) in [5.74, 6) is 0.608. The van der Waals surface area contributed by atoms with Crippen LogP contribution in [0.25, 0.3) is 0 Å². The Labute approximate surface area is 148 Å². The summed E-state index contributed by atoms with van der Waals surface area (Å²) in [4.78, 5) is 16.1. The lowest BCUT2D eigenvalue weighted by molar-refractivity contribution is 0.102. The fourth-order valence-corrected chi connectivity index (χ4v) is 2.98. The molecule has 1 fully saturated rings. The van der Waals surface area contributed by atoms with Crippen LogP contribution in [-0.2, 0) is 4.74 Å². The van der Waals surface area contributed by atoms with Crippen LogP contribution < -0.4 is 10.6 Å². The quantitative estimate of drug-likeness (QED) is 0.774. The summed E-state index contributed by atoms with van der Waals surface area (Å²) in [5, 5.41) is 6.57. The van der Waals surface area contributed by atoms with Crippen molar-refractivity contribution in [1.29, 1.82) is 0 Å². The van der Waals surface area contributed by atoms with Gasteiger partial charge in [0.1, 0.15) is 0 Å². The van der Waals surface area contributed by atoms with Gasteiger partial charge in [-0.15, -0.1) is 0 Å². The number of benzene rings is 1. The first-order valence-corrected chi connectivity index (χ1v) is 8.73. The Hall–Kier alpha value is -2.24. The minimum Gasteiger partial charge on any atom is -0.383 e. The molecule has 0 spiro atoms. The molecule has 1 aliphatic rings. The van der Waals surface area contributed by atoms with E-state index in [1.54, 1.807) is 31.6 Å². The van der Waals surface area contributed by atoms with Gasteiger partial charge in [-0.1, -0.05) is 12.1 Å². The van der Waals surface area contributed by atoms with Gasteiger partial charge in [0.2, 0.25) is 0 Å². The van der Waals surface area contributed by atoms with Crippen molar-refractivity contribution < 1.29 is 9.53 Å². The van der Waals surface area contributed by atoms with Crippen LogP contribution in [0.1, 0.15) is 41.7 Å². The van der Waals surface area contributed by atoms with Gasteiger partial charge >= 0.3 is 0 Å². The molecule has 0 bridgehead atoms. The number of amides is 1. The van der Waals surface area contributed by atoms with E-state index in [-0.39, 0.29) is 11.9 Å². The number of rotatable bonds is 8. The third-order valence-electron chi connectivity index (χ3n) is 4.61. The van der Waals surface area contributed by atoms with Gasteiger partial charge in [0.05, 0.1) is 6.61 Å². The van der Waals surface area contributed by atoms with Gasteiger partial charge in [-0.2, -0.15) is 0 Å². The first kappa shape index (κ1) is 17.6. The van der Waals surface area contributed by atoms with Crippen molar-refractivity contribution in [3.05, 3.63) is 59.9 Å². The van der Waals surface area contributed by atoms with Crippen molar-refractivity contribution in [3.63, 3.8) is 0 Å². The van der Waals surface area contributed by atoms with Crippen LogP contribution >= 0.6 is 0 Å². The van der Waals surface area contributed by atoms with Crippen molar-refractivity contribution >= 4 is 11.6 Å². The summed E-state index contributed by atoms with van der Waals surface area (Å²) < 4.78 is 5.33. The number of anilines is 1. The van der Waals surface area contributed by atoms with Crippen molar-refractivity contribution in [2.24, 2.45) is 5.92 Å². The number of nitrogens with zero attached hydrogens (tertiary/aromatic N) is 1. The van der Waals surface area contributed by atoms with E-state index >= 15 is 0 Å². The van der Waals surface area contributed by atoms with E-state index in [1.807, 2.05) is 12.1 Å². The summed E-state index contributed by atoms with van der Waals surface area (Å²) in [6, 6.07) is 12.0. The fourth-order valence-electron chi connectivity index (χ4n) is 2.98. The molecule has 1 heterocycles. The third-order valence-corrected chi connectivity index (χ3v) is 4.61. The topological polar surface area (TPSA) is 63.2 Å². The predicted octanol–water partition coefficient (Wildman–Crippen LogP) is 3.41. The highest BCUT2D eigenvalue weighted by atomic mass is 16.5. The maximum absolute atomic E-state index is 12.2. The normalized spacial score (nSPS) is 16.2. The summed E-state index contributed by atoms with van der Waals surface area (Å²) in [5.41, 5.74) is 2.58. The fraction of sp³-hybridized carbons (Fsp3) is 0.400. The van der Waals surface area contributed by atoms with Gasteiger partial charge in [0.25, 0.3) is 5.91 Å². The largest absolute Gasteiger partial charge is 0.383 e. The number of pyridine rings is 1. The molecule has 132 valence electrons. The second kappa shape index (κ2) is 8.23. The maximum atomic E-state index is 12.2. The van der Waals surface area contributed by atoms with E-state index in [1.165, 1.54) is 18.4 Å². The Balaban J connectivity index is 1.58. The molecular weight excluding hydrogens is 314 g/mol. The Morgan fingerprint density at radius 1 is 1.20 bits per heavy atom. The SMILES string of the molecule is COC[C@@H](N[C@H](C)c1ccc(NC(=O)c2ccncc2)cc1)C1CC1. The van der Waals surface area contributed by atoms with Crippen LogP contribution in [0.4, 0.5) is 5.69 Å². The minimum atomic E-state index is -0.129. The van der Waals surface area contributed by atoms with Crippen LogP contribution in [0.3, 0.4) is 0 Å². The zero-order chi connectivity index (χ0) is 17.6. The second-order valence-electron chi connectivity index (χ2n) is 6.60. The molecule has 0 aliphatic heterocycles. The summed E-state index contributed by atoms with van der Waals surface area (Å²) in [7, 11) is 1.75. The van der Waals surface area contributed by atoms with E-state index < -0.39 is 0 Å². The lowest BCUT2D eigenvalue weighted by Gasteiger charge is -2.23. The van der Waals surface area contributed by atoms with Crippen LogP contribution in [0, 0.1) is 5.92 Å². The zero-order valence-corrected chi connectivity index (χ0v) is 14.7. The standard InChI is InChI=1S/C20H25N3O2/c1-14(22-19(13-25-2)16-3-4-16)15-5-7-18(8-6-15)23-20(24)17-9-11-21-12-10-17/h5-12,14,16,19,22H,3-4,13H2,1-2H3,(H,23,24)/t14-,19-/m1/s1. The average Bonchev–Trinajstić information content (AvgIpc) is 3.48. The molecule has 1 aliphatic carbocycles. The Kier molecular flexibility index (Phi) is 5.79. The number of aromatic nitrogens is 1. The molecule has 1 aromatic carbocycles. The van der Waals surface area contributed by atoms with E-state index in [0.29, 0.717) is 11.6 Å². The third kappa shape index (κ3) is 4.87. The van der Waals surface area contributed by atoms with Gasteiger partial charge < -0.3 is 15.4 Å². The molecule has 2 atom stereocenters. The van der Waals surface area contributed by atoms with Gasteiger partial charge in [-0.3, -0.25) is 9.78 Å². The van der Waals surface area contributed by atoms with Crippen LogP contribution in [0.15, 0.2) is 48.8 Å². The highest BCUT2D eigenvalue weighted by Gasteiger charge is 2.31. The Morgan fingerprint density at radius 2 is 1.88 bits per heavy atom. The summed E-state index contributed by atoms with van der Waals surface area (Å²) in [6.45, 7) is 2.91. The predicted molar refractivity (Wildman–Crippen MR) is 98.6 cm³/mol. The second-order valence-corrected chi connectivity index (χ2v) is 6.60. The van der Waals surface area contributed by atoms with Crippen LogP contribution in [-0.4, -0.2) is 30.6 Å². The lowest BCUT2D eigenvalue weighted by Crippen LogP contribution is -2.36. The highest BCUT2D eigenvalue weighted by Crippen LogP contribution is 2.34. The number of hydrogen-bond acceptors (Lipinski definition) is 4. The van der Waals surface area contributed by atoms with E-state index in [4.69, 9.17) is 4.74 Å². The van der Waals surface area contributed by atoms with Crippen molar-refractivity contribution in [2.45, 2.75) is 31.8 Å². The monoisotopic (exact) mass is 339 g/mol. The van der Waals surface area contributed by atoms with Crippen molar-refractivity contribution in [2.75, 3.05) is 19.0 Å². The number of methoxy groups -OCH3 is 1. The molecule has 3 rings (SSSR count). The molecular formula is C20H25N3O2. The van der Waals surface area contributed by atoms with Gasteiger partial charge in [-0.05, 0) is 55.5 Å². The van der Waals surface area contributed by atoms with Crippen LogP contribution in [0.2, 0.25) is 0 Å². The van der Waals surface area contributed by atoms with Gasteiger partial charge in [0.15, 0.2) is 0 Å². The first-order valence-electron chi connectivity index (χ1n) is 8.73. The van der Waals surface area contributed by atoms with E-state index in [0.717, 1.165) is 18.2 Å². The molecule has 1 aromatic heterocycles.